The highest BCUT2D eigenvalue weighted by molar-refractivity contribution is 6.31. The van der Waals surface area contributed by atoms with Crippen molar-refractivity contribution in [1.82, 2.24) is 5.32 Å². The quantitative estimate of drug-likeness (QED) is 0.703. The Balaban J connectivity index is 2.11. The van der Waals surface area contributed by atoms with Gasteiger partial charge in [-0.1, -0.05) is 48.0 Å². The Kier molecular flexibility index (Phi) is 6.36. The standard InChI is InChI=1S/C23H20ClFN2O2/c1-14-18(13-26)21(17-10-9-16(25)12-19(17)24)22(23(28)29-2)20(27-14)11-8-15-6-4-3-5-7-15/h3-7,9-10,12,21,27H,8,11H2,1-2H3. The van der Waals surface area contributed by atoms with Crippen molar-refractivity contribution in [3.05, 3.63) is 93.0 Å². The summed E-state index contributed by atoms with van der Waals surface area (Å²) in [6.45, 7) is 1.78. The van der Waals surface area contributed by atoms with Gasteiger partial charge in [0.25, 0.3) is 0 Å². The minimum absolute atomic E-state index is 0.154. The van der Waals surface area contributed by atoms with E-state index in [9.17, 15) is 14.4 Å². The molecule has 0 fully saturated rings. The number of nitriles is 1. The molecule has 1 unspecified atom stereocenters. The van der Waals surface area contributed by atoms with E-state index in [1.54, 1.807) is 6.92 Å². The Morgan fingerprint density at radius 2 is 1.97 bits per heavy atom. The summed E-state index contributed by atoms with van der Waals surface area (Å²) < 4.78 is 18.6. The normalized spacial score (nSPS) is 16.3. The van der Waals surface area contributed by atoms with E-state index in [2.05, 4.69) is 11.4 Å². The molecule has 0 aliphatic carbocycles. The van der Waals surface area contributed by atoms with Gasteiger partial charge >= 0.3 is 5.97 Å². The van der Waals surface area contributed by atoms with Crippen molar-refractivity contribution in [2.24, 2.45) is 0 Å². The molecular formula is C23H20ClFN2O2. The number of methoxy groups -OCH3 is 1. The number of hydrogen-bond donors (Lipinski definition) is 1. The maximum Gasteiger partial charge on any atom is 0.336 e. The molecule has 4 nitrogen and oxygen atoms in total. The smallest absolute Gasteiger partial charge is 0.336 e. The predicted molar refractivity (Wildman–Crippen MR) is 109 cm³/mol. The fourth-order valence-electron chi connectivity index (χ4n) is 3.55. The number of ether oxygens (including phenoxy) is 1. The number of nitrogens with one attached hydrogen (secondary N) is 1. The highest BCUT2D eigenvalue weighted by atomic mass is 35.5. The van der Waals surface area contributed by atoms with Gasteiger partial charge in [0.1, 0.15) is 5.82 Å². The molecule has 0 amide bonds. The maximum absolute atomic E-state index is 13.6. The molecule has 3 rings (SSSR count). The molecule has 1 N–H and O–H groups in total. The molecule has 0 radical (unpaired) electrons. The van der Waals surface area contributed by atoms with Gasteiger partial charge in [-0.25, -0.2) is 9.18 Å². The van der Waals surface area contributed by atoms with Gasteiger partial charge in [-0.05, 0) is 43.0 Å². The van der Waals surface area contributed by atoms with Crippen LogP contribution < -0.4 is 5.32 Å². The zero-order valence-corrected chi connectivity index (χ0v) is 16.9. The number of benzene rings is 2. The molecule has 0 spiro atoms. The second-order valence-electron chi connectivity index (χ2n) is 6.74. The Hall–Kier alpha value is -3.10. The number of esters is 1. The van der Waals surface area contributed by atoms with Crippen LogP contribution in [0.5, 0.6) is 0 Å². The molecule has 2 aromatic carbocycles. The molecule has 1 aliphatic heterocycles. The molecule has 0 aromatic heterocycles. The summed E-state index contributed by atoms with van der Waals surface area (Å²) in [7, 11) is 1.30. The van der Waals surface area contributed by atoms with Crippen LogP contribution in [0, 0.1) is 17.1 Å². The first-order chi connectivity index (χ1) is 14.0. The van der Waals surface area contributed by atoms with E-state index in [0.717, 1.165) is 5.56 Å². The van der Waals surface area contributed by atoms with E-state index >= 15 is 0 Å². The van der Waals surface area contributed by atoms with Crippen LogP contribution in [0.25, 0.3) is 0 Å². The number of dihydropyridines is 1. The maximum atomic E-state index is 13.6. The number of nitrogens with zero attached hydrogens (tertiary/aromatic N) is 1. The molecule has 6 heteroatoms. The van der Waals surface area contributed by atoms with Crippen molar-refractivity contribution < 1.29 is 13.9 Å². The van der Waals surface area contributed by atoms with Crippen LogP contribution in [-0.4, -0.2) is 13.1 Å². The second-order valence-corrected chi connectivity index (χ2v) is 7.15. The average molecular weight is 411 g/mol. The van der Waals surface area contributed by atoms with Crippen LogP contribution in [-0.2, 0) is 16.0 Å². The molecular weight excluding hydrogens is 391 g/mol. The average Bonchev–Trinajstić information content (AvgIpc) is 2.72. The number of halogens is 2. The van der Waals surface area contributed by atoms with Gasteiger partial charge in [-0.2, -0.15) is 5.26 Å². The summed E-state index contributed by atoms with van der Waals surface area (Å²) in [5, 5.41) is 13.1. The van der Waals surface area contributed by atoms with Gasteiger partial charge in [0.15, 0.2) is 0 Å². The van der Waals surface area contributed by atoms with Gasteiger partial charge in [0, 0.05) is 16.4 Å². The Morgan fingerprint density at radius 1 is 1.24 bits per heavy atom. The molecule has 1 aliphatic rings. The molecule has 148 valence electrons. The highest BCUT2D eigenvalue weighted by Crippen LogP contribution is 2.42. The molecule has 0 saturated carbocycles. The summed E-state index contributed by atoms with van der Waals surface area (Å²) in [6, 6.07) is 16.0. The zero-order valence-electron chi connectivity index (χ0n) is 16.1. The fourth-order valence-corrected chi connectivity index (χ4v) is 3.83. The Bertz CT molecular complexity index is 1040. The van der Waals surface area contributed by atoms with Crippen molar-refractivity contribution in [1.29, 1.82) is 5.26 Å². The van der Waals surface area contributed by atoms with Crippen molar-refractivity contribution in [3.8, 4) is 6.07 Å². The third-order valence-electron chi connectivity index (χ3n) is 4.95. The van der Waals surface area contributed by atoms with Crippen LogP contribution in [0.15, 0.2) is 71.1 Å². The first kappa shape index (κ1) is 20.6. The molecule has 0 bridgehead atoms. The van der Waals surface area contributed by atoms with E-state index in [-0.39, 0.29) is 5.02 Å². The van der Waals surface area contributed by atoms with Crippen LogP contribution in [0.2, 0.25) is 5.02 Å². The third-order valence-corrected chi connectivity index (χ3v) is 5.28. The number of carbonyl (C=O) groups is 1. The highest BCUT2D eigenvalue weighted by Gasteiger charge is 2.36. The summed E-state index contributed by atoms with van der Waals surface area (Å²) in [5.41, 5.74) is 3.58. The van der Waals surface area contributed by atoms with Crippen LogP contribution in [0.1, 0.15) is 30.4 Å². The second kappa shape index (κ2) is 8.93. The van der Waals surface area contributed by atoms with Crippen molar-refractivity contribution >= 4 is 17.6 Å². The minimum Gasteiger partial charge on any atom is -0.466 e. The van der Waals surface area contributed by atoms with Gasteiger partial charge in [-0.15, -0.1) is 0 Å². The topological polar surface area (TPSA) is 62.1 Å². The number of hydrogen-bond acceptors (Lipinski definition) is 4. The number of rotatable bonds is 5. The van der Waals surface area contributed by atoms with E-state index in [4.69, 9.17) is 16.3 Å². The Morgan fingerprint density at radius 3 is 2.59 bits per heavy atom. The summed E-state index contributed by atoms with van der Waals surface area (Å²) in [6.07, 6.45) is 1.24. The van der Waals surface area contributed by atoms with Gasteiger partial charge < -0.3 is 10.1 Å². The zero-order chi connectivity index (χ0) is 21.0. The van der Waals surface area contributed by atoms with E-state index < -0.39 is 17.7 Å². The van der Waals surface area contributed by atoms with Gasteiger partial charge in [0.2, 0.25) is 0 Å². The number of carbonyl (C=O) groups excluding carboxylic acids is 1. The molecule has 0 saturated heterocycles. The van der Waals surface area contributed by atoms with Gasteiger partial charge in [0.05, 0.1) is 30.2 Å². The predicted octanol–water partition coefficient (Wildman–Crippen LogP) is 5.02. The summed E-state index contributed by atoms with van der Waals surface area (Å²) >= 11 is 6.30. The lowest BCUT2D eigenvalue weighted by Crippen LogP contribution is -2.30. The van der Waals surface area contributed by atoms with Crippen LogP contribution in [0.4, 0.5) is 4.39 Å². The lowest BCUT2D eigenvalue weighted by Gasteiger charge is -2.30. The molecule has 2 aromatic rings. The first-order valence-corrected chi connectivity index (χ1v) is 9.52. The number of allylic oxidation sites excluding steroid dienone is 3. The van der Waals surface area contributed by atoms with Gasteiger partial charge in [-0.3, -0.25) is 0 Å². The van der Waals surface area contributed by atoms with E-state index in [0.29, 0.717) is 40.9 Å². The molecule has 1 heterocycles. The van der Waals surface area contributed by atoms with Crippen LogP contribution >= 0.6 is 11.6 Å². The Labute approximate surface area is 174 Å². The van der Waals surface area contributed by atoms with Crippen molar-refractivity contribution in [3.63, 3.8) is 0 Å². The third kappa shape index (κ3) is 4.33. The lowest BCUT2D eigenvalue weighted by molar-refractivity contribution is -0.136. The van der Waals surface area contributed by atoms with Crippen LogP contribution in [0.3, 0.4) is 0 Å². The molecule has 29 heavy (non-hydrogen) atoms. The van der Waals surface area contributed by atoms with E-state index in [1.165, 1.54) is 25.3 Å². The molecule has 1 atom stereocenters. The van der Waals surface area contributed by atoms with Crippen molar-refractivity contribution in [2.75, 3.05) is 7.11 Å². The summed E-state index contributed by atoms with van der Waals surface area (Å²) in [5.74, 6) is -1.77. The minimum atomic E-state index is -0.729. The summed E-state index contributed by atoms with van der Waals surface area (Å²) in [4.78, 5) is 12.7. The monoisotopic (exact) mass is 410 g/mol. The fraction of sp³-hybridized carbons (Fsp3) is 0.217. The lowest BCUT2D eigenvalue weighted by atomic mass is 9.80. The first-order valence-electron chi connectivity index (χ1n) is 9.14. The van der Waals surface area contributed by atoms with Crippen molar-refractivity contribution in [2.45, 2.75) is 25.7 Å². The number of aryl methyl sites for hydroxylation is 1. The SMILES string of the molecule is COC(=O)C1=C(CCc2ccccc2)NC(C)=C(C#N)C1c1ccc(F)cc1Cl. The largest absolute Gasteiger partial charge is 0.466 e. The van der Waals surface area contributed by atoms with E-state index in [1.807, 2.05) is 30.3 Å².